The number of benzene rings is 3. The quantitative estimate of drug-likeness (QED) is 0.698. The summed E-state index contributed by atoms with van der Waals surface area (Å²) in [5, 5.41) is 1.89. The molecule has 3 rings (SSSR count). The van der Waals surface area contributed by atoms with Crippen molar-refractivity contribution < 1.29 is 4.79 Å². The van der Waals surface area contributed by atoms with Gasteiger partial charge in [-0.05, 0) is 23.3 Å². The molecular formula is C21H20N2O. The molecule has 0 aromatic heterocycles. The van der Waals surface area contributed by atoms with Crippen LogP contribution in [0.3, 0.4) is 0 Å². The second-order valence-corrected chi connectivity index (χ2v) is 5.60. The highest BCUT2D eigenvalue weighted by Crippen LogP contribution is 2.15. The van der Waals surface area contributed by atoms with Crippen LogP contribution in [0.4, 0.5) is 5.69 Å². The molecule has 0 aliphatic rings. The zero-order chi connectivity index (χ0) is 16.6. The molecule has 0 spiro atoms. The van der Waals surface area contributed by atoms with Gasteiger partial charge in [-0.25, -0.2) is 0 Å². The van der Waals surface area contributed by atoms with E-state index in [1.54, 1.807) is 0 Å². The first kappa shape index (κ1) is 15.8. The number of hydrogen-bond donors (Lipinski definition) is 1. The van der Waals surface area contributed by atoms with Gasteiger partial charge in [-0.15, -0.1) is 0 Å². The van der Waals surface area contributed by atoms with E-state index in [1.807, 2.05) is 83.9 Å². The lowest BCUT2D eigenvalue weighted by atomic mass is 10.1. The summed E-state index contributed by atoms with van der Waals surface area (Å²) < 4.78 is 0. The average molecular weight is 316 g/mol. The standard InChI is InChI=1S/C21H20N2O/c24-21(16-18-10-4-1-5-11-18)22-23(20-14-8-3-9-15-20)17-19-12-6-2-7-13-19/h1-15H,16-17H2,(H,22,24). The van der Waals surface area contributed by atoms with Crippen molar-refractivity contribution in [3.05, 3.63) is 102 Å². The summed E-state index contributed by atoms with van der Waals surface area (Å²) in [4.78, 5) is 12.4. The predicted molar refractivity (Wildman–Crippen MR) is 97.4 cm³/mol. The first-order valence-corrected chi connectivity index (χ1v) is 8.01. The largest absolute Gasteiger partial charge is 0.281 e. The average Bonchev–Trinajstić information content (AvgIpc) is 2.63. The summed E-state index contributed by atoms with van der Waals surface area (Å²) in [6.07, 6.45) is 0.360. The maximum absolute atomic E-state index is 12.4. The number of nitrogens with one attached hydrogen (secondary N) is 1. The van der Waals surface area contributed by atoms with Gasteiger partial charge >= 0.3 is 0 Å². The Kier molecular flexibility index (Phi) is 5.25. The molecule has 1 N–H and O–H groups in total. The molecule has 3 aromatic rings. The minimum Gasteiger partial charge on any atom is -0.281 e. The molecule has 120 valence electrons. The van der Waals surface area contributed by atoms with E-state index in [-0.39, 0.29) is 5.91 Å². The molecule has 0 saturated carbocycles. The van der Waals surface area contributed by atoms with E-state index in [4.69, 9.17) is 0 Å². The van der Waals surface area contributed by atoms with E-state index >= 15 is 0 Å². The van der Waals surface area contributed by atoms with Gasteiger partial charge in [0.2, 0.25) is 5.91 Å². The lowest BCUT2D eigenvalue weighted by Crippen LogP contribution is -2.42. The van der Waals surface area contributed by atoms with Crippen molar-refractivity contribution in [3.8, 4) is 0 Å². The third kappa shape index (κ3) is 4.46. The summed E-state index contributed by atoms with van der Waals surface area (Å²) in [5.41, 5.74) is 6.13. The van der Waals surface area contributed by atoms with E-state index in [9.17, 15) is 4.79 Å². The third-order valence-corrected chi connectivity index (χ3v) is 3.72. The monoisotopic (exact) mass is 316 g/mol. The highest BCUT2D eigenvalue weighted by Gasteiger charge is 2.11. The fourth-order valence-electron chi connectivity index (χ4n) is 2.54. The summed E-state index contributed by atoms with van der Waals surface area (Å²) >= 11 is 0. The Morgan fingerprint density at radius 2 is 1.21 bits per heavy atom. The first-order chi connectivity index (χ1) is 11.8. The van der Waals surface area contributed by atoms with Crippen molar-refractivity contribution in [1.82, 2.24) is 5.43 Å². The number of hydrazine groups is 1. The third-order valence-electron chi connectivity index (χ3n) is 3.72. The van der Waals surface area contributed by atoms with E-state index in [2.05, 4.69) is 17.6 Å². The molecule has 0 heterocycles. The van der Waals surface area contributed by atoms with Gasteiger partial charge in [-0.1, -0.05) is 78.9 Å². The van der Waals surface area contributed by atoms with Crippen molar-refractivity contribution in [2.24, 2.45) is 0 Å². The summed E-state index contributed by atoms with van der Waals surface area (Å²) in [6.45, 7) is 0.616. The van der Waals surface area contributed by atoms with Gasteiger partial charge < -0.3 is 0 Å². The maximum Gasteiger partial charge on any atom is 0.242 e. The van der Waals surface area contributed by atoms with Crippen molar-refractivity contribution in [1.29, 1.82) is 0 Å². The van der Waals surface area contributed by atoms with Gasteiger partial charge in [0.1, 0.15) is 0 Å². The SMILES string of the molecule is O=C(Cc1ccccc1)NN(Cc1ccccc1)c1ccccc1. The van der Waals surface area contributed by atoms with Crippen molar-refractivity contribution in [2.45, 2.75) is 13.0 Å². The topological polar surface area (TPSA) is 32.3 Å². The molecular weight excluding hydrogens is 296 g/mol. The summed E-state index contributed by atoms with van der Waals surface area (Å²) in [7, 11) is 0. The van der Waals surface area contributed by atoms with Gasteiger partial charge in [-0.3, -0.25) is 15.2 Å². The van der Waals surface area contributed by atoms with E-state index < -0.39 is 0 Å². The molecule has 0 unspecified atom stereocenters. The zero-order valence-electron chi connectivity index (χ0n) is 13.4. The molecule has 3 nitrogen and oxygen atoms in total. The Morgan fingerprint density at radius 1 is 0.708 bits per heavy atom. The van der Waals surface area contributed by atoms with Gasteiger partial charge in [-0.2, -0.15) is 0 Å². The fourth-order valence-corrected chi connectivity index (χ4v) is 2.54. The number of para-hydroxylation sites is 1. The van der Waals surface area contributed by atoms with Crippen LogP contribution in [0.15, 0.2) is 91.0 Å². The van der Waals surface area contributed by atoms with Crippen molar-refractivity contribution in [3.63, 3.8) is 0 Å². The number of amides is 1. The number of nitrogens with zero attached hydrogens (tertiary/aromatic N) is 1. The first-order valence-electron chi connectivity index (χ1n) is 8.01. The van der Waals surface area contributed by atoms with E-state index in [0.29, 0.717) is 13.0 Å². The number of carbonyl (C=O) groups excluding carboxylic acids is 1. The Labute approximate surface area is 142 Å². The molecule has 0 bridgehead atoms. The molecule has 3 heteroatoms. The zero-order valence-corrected chi connectivity index (χ0v) is 13.4. The van der Waals surface area contributed by atoms with Crippen LogP contribution < -0.4 is 10.4 Å². The Morgan fingerprint density at radius 3 is 1.79 bits per heavy atom. The fraction of sp³-hybridized carbons (Fsp3) is 0.0952. The van der Waals surface area contributed by atoms with Crippen LogP contribution in [0.2, 0.25) is 0 Å². The van der Waals surface area contributed by atoms with Crippen molar-refractivity contribution in [2.75, 3.05) is 5.01 Å². The van der Waals surface area contributed by atoms with Gasteiger partial charge in [0.15, 0.2) is 0 Å². The van der Waals surface area contributed by atoms with Crippen LogP contribution >= 0.6 is 0 Å². The normalized spacial score (nSPS) is 10.2. The molecule has 24 heavy (non-hydrogen) atoms. The number of rotatable bonds is 6. The minimum atomic E-state index is -0.0269. The summed E-state index contributed by atoms with van der Waals surface area (Å²) in [5.74, 6) is -0.0269. The maximum atomic E-state index is 12.4. The van der Waals surface area contributed by atoms with Gasteiger partial charge in [0.25, 0.3) is 0 Å². The summed E-state index contributed by atoms with van der Waals surface area (Å²) in [6, 6.07) is 29.8. The molecule has 0 fully saturated rings. The van der Waals surface area contributed by atoms with Crippen LogP contribution in [0.25, 0.3) is 0 Å². The molecule has 0 radical (unpaired) electrons. The highest BCUT2D eigenvalue weighted by molar-refractivity contribution is 5.80. The van der Waals surface area contributed by atoms with Crippen LogP contribution in [0.1, 0.15) is 11.1 Å². The predicted octanol–water partition coefficient (Wildman–Crippen LogP) is 3.97. The van der Waals surface area contributed by atoms with Crippen LogP contribution in [0.5, 0.6) is 0 Å². The molecule has 1 amide bonds. The second-order valence-electron chi connectivity index (χ2n) is 5.60. The molecule has 0 aliphatic carbocycles. The second kappa shape index (κ2) is 7.97. The molecule has 3 aromatic carbocycles. The smallest absolute Gasteiger partial charge is 0.242 e. The van der Waals surface area contributed by atoms with Crippen LogP contribution in [-0.2, 0) is 17.8 Å². The lowest BCUT2D eigenvalue weighted by molar-refractivity contribution is -0.120. The molecule has 0 saturated heterocycles. The molecule has 0 atom stereocenters. The number of anilines is 1. The lowest BCUT2D eigenvalue weighted by Gasteiger charge is -2.25. The van der Waals surface area contributed by atoms with Crippen molar-refractivity contribution >= 4 is 11.6 Å². The molecule has 0 aliphatic heterocycles. The van der Waals surface area contributed by atoms with Gasteiger partial charge in [0, 0.05) is 0 Å². The Balaban J connectivity index is 1.73. The van der Waals surface area contributed by atoms with E-state index in [1.165, 1.54) is 0 Å². The van der Waals surface area contributed by atoms with Crippen LogP contribution in [0, 0.1) is 0 Å². The van der Waals surface area contributed by atoms with Gasteiger partial charge in [0.05, 0.1) is 18.7 Å². The number of hydrogen-bond acceptors (Lipinski definition) is 2. The minimum absolute atomic E-state index is 0.0269. The Bertz CT molecular complexity index is 758. The highest BCUT2D eigenvalue weighted by atomic mass is 16.2. The van der Waals surface area contributed by atoms with E-state index in [0.717, 1.165) is 16.8 Å². The number of carbonyl (C=O) groups is 1. The van der Waals surface area contributed by atoms with Crippen LogP contribution in [-0.4, -0.2) is 5.91 Å². The Hall–Kier alpha value is -3.07.